The number of ketones is 1. The summed E-state index contributed by atoms with van der Waals surface area (Å²) in [5.74, 6) is 0.925. The fourth-order valence-electron chi connectivity index (χ4n) is 3.77. The molecule has 2 nitrogen and oxygen atoms in total. The molecule has 3 rings (SSSR count). The van der Waals surface area contributed by atoms with Crippen LogP contribution in [0.5, 0.6) is 0 Å². The summed E-state index contributed by atoms with van der Waals surface area (Å²) in [6, 6.07) is 8.13. The van der Waals surface area contributed by atoms with Crippen molar-refractivity contribution in [1.82, 2.24) is 0 Å². The van der Waals surface area contributed by atoms with Gasteiger partial charge in [0.15, 0.2) is 5.78 Å². The van der Waals surface area contributed by atoms with Crippen LogP contribution in [0.3, 0.4) is 0 Å². The Kier molecular flexibility index (Phi) is 4.42. The zero-order valence-corrected chi connectivity index (χ0v) is 12.6. The van der Waals surface area contributed by atoms with Crippen LogP contribution in [0.25, 0.3) is 5.76 Å². The van der Waals surface area contributed by atoms with Gasteiger partial charge in [0.2, 0.25) is 0 Å². The van der Waals surface area contributed by atoms with Gasteiger partial charge in [0.25, 0.3) is 0 Å². The van der Waals surface area contributed by atoms with E-state index >= 15 is 0 Å². The molecule has 0 spiro atoms. The van der Waals surface area contributed by atoms with Gasteiger partial charge in [-0.15, -0.1) is 0 Å². The zero-order valence-electron chi connectivity index (χ0n) is 12.6. The molecule has 1 N–H and O–H groups in total. The molecule has 2 fully saturated rings. The van der Waals surface area contributed by atoms with Crippen LogP contribution in [-0.2, 0) is 4.79 Å². The Morgan fingerprint density at radius 3 is 2.43 bits per heavy atom. The van der Waals surface area contributed by atoms with Crippen LogP contribution in [0.15, 0.2) is 29.8 Å². The topological polar surface area (TPSA) is 37.3 Å². The number of aliphatic hydroxyl groups excluding tert-OH is 1. The van der Waals surface area contributed by atoms with E-state index in [1.807, 2.05) is 18.2 Å². The standard InChI is InChI=1S/C19H24O2/c20-18-13-7-6-12-17(18)19(21)16-11-5-4-10-15(16)14-8-2-1-3-9-14/h4-5,10-11,14,21H,1-3,6-9,12-13H2. The Morgan fingerprint density at radius 2 is 1.67 bits per heavy atom. The number of Topliss-reactive ketones (excluding diaryl/α,β-unsaturated/α-hetero) is 1. The van der Waals surface area contributed by atoms with E-state index in [4.69, 9.17) is 0 Å². The second-order valence-electron chi connectivity index (χ2n) is 6.38. The summed E-state index contributed by atoms with van der Waals surface area (Å²) in [5, 5.41) is 10.7. The quantitative estimate of drug-likeness (QED) is 0.602. The van der Waals surface area contributed by atoms with E-state index in [2.05, 4.69) is 6.07 Å². The molecule has 112 valence electrons. The fourth-order valence-corrected chi connectivity index (χ4v) is 3.77. The fraction of sp³-hybridized carbons (Fsp3) is 0.526. The van der Waals surface area contributed by atoms with Crippen molar-refractivity contribution >= 4 is 11.5 Å². The van der Waals surface area contributed by atoms with Crippen LogP contribution in [0.2, 0.25) is 0 Å². The minimum absolute atomic E-state index is 0.136. The lowest BCUT2D eigenvalue weighted by Crippen LogP contribution is -2.13. The molecule has 0 radical (unpaired) electrons. The summed E-state index contributed by atoms with van der Waals surface area (Å²) in [6.45, 7) is 0. The van der Waals surface area contributed by atoms with Gasteiger partial charge < -0.3 is 5.11 Å². The number of carbonyl (C=O) groups excluding carboxylic acids is 1. The summed E-state index contributed by atoms with van der Waals surface area (Å²) in [4.78, 5) is 12.1. The van der Waals surface area contributed by atoms with E-state index < -0.39 is 0 Å². The molecule has 0 saturated heterocycles. The number of hydrogen-bond acceptors (Lipinski definition) is 2. The SMILES string of the molecule is O=C1CCCCC1=C(O)c1ccccc1C1CCCCC1. The maximum absolute atomic E-state index is 12.1. The van der Waals surface area contributed by atoms with E-state index in [0.29, 0.717) is 17.9 Å². The second-order valence-corrected chi connectivity index (χ2v) is 6.38. The third-order valence-corrected chi connectivity index (χ3v) is 4.96. The van der Waals surface area contributed by atoms with Crippen LogP contribution in [0, 0.1) is 0 Å². The summed E-state index contributed by atoms with van der Waals surface area (Å²) < 4.78 is 0. The van der Waals surface area contributed by atoms with Crippen molar-refractivity contribution in [2.45, 2.75) is 63.7 Å². The van der Waals surface area contributed by atoms with Crippen LogP contribution in [-0.4, -0.2) is 10.9 Å². The smallest absolute Gasteiger partial charge is 0.162 e. The highest BCUT2D eigenvalue weighted by Gasteiger charge is 2.24. The van der Waals surface area contributed by atoms with Crippen molar-refractivity contribution in [3.8, 4) is 0 Å². The second kappa shape index (κ2) is 6.46. The number of aliphatic hydroxyl groups is 1. The van der Waals surface area contributed by atoms with Gasteiger partial charge in [0.05, 0.1) is 0 Å². The van der Waals surface area contributed by atoms with E-state index in [1.54, 1.807) is 0 Å². The summed E-state index contributed by atoms with van der Waals surface area (Å²) in [5.41, 5.74) is 2.79. The first kappa shape index (κ1) is 14.4. The molecule has 2 saturated carbocycles. The first-order valence-electron chi connectivity index (χ1n) is 8.32. The molecule has 1 aromatic rings. The molecule has 0 atom stereocenters. The molecule has 2 heteroatoms. The van der Waals surface area contributed by atoms with Crippen LogP contribution in [0.1, 0.15) is 74.8 Å². The Balaban J connectivity index is 1.97. The predicted molar refractivity (Wildman–Crippen MR) is 85.3 cm³/mol. The van der Waals surface area contributed by atoms with Gasteiger partial charge in [0, 0.05) is 17.6 Å². The molecule has 0 heterocycles. The summed E-state index contributed by atoms with van der Waals surface area (Å²) in [7, 11) is 0. The van der Waals surface area contributed by atoms with Crippen LogP contribution >= 0.6 is 0 Å². The van der Waals surface area contributed by atoms with E-state index in [-0.39, 0.29) is 11.5 Å². The molecule has 2 aliphatic carbocycles. The van der Waals surface area contributed by atoms with Crippen LogP contribution in [0.4, 0.5) is 0 Å². The number of hydrogen-bond donors (Lipinski definition) is 1. The van der Waals surface area contributed by atoms with Crippen LogP contribution < -0.4 is 0 Å². The van der Waals surface area contributed by atoms with E-state index in [9.17, 15) is 9.90 Å². The molecular formula is C19H24O2. The third kappa shape index (κ3) is 3.04. The Labute approximate surface area is 126 Å². The normalized spacial score (nSPS) is 23.1. The average molecular weight is 284 g/mol. The highest BCUT2D eigenvalue weighted by molar-refractivity contribution is 6.02. The number of benzene rings is 1. The molecule has 0 unspecified atom stereocenters. The molecule has 0 bridgehead atoms. The molecule has 21 heavy (non-hydrogen) atoms. The maximum atomic E-state index is 12.1. The lowest BCUT2D eigenvalue weighted by Gasteiger charge is -2.25. The predicted octanol–water partition coefficient (Wildman–Crippen LogP) is 5.15. The number of carbonyl (C=O) groups is 1. The van der Waals surface area contributed by atoms with Gasteiger partial charge in [0.1, 0.15) is 5.76 Å². The first-order valence-corrected chi connectivity index (χ1v) is 8.32. The van der Waals surface area contributed by atoms with Gasteiger partial charge >= 0.3 is 0 Å². The molecule has 1 aromatic carbocycles. The lowest BCUT2D eigenvalue weighted by molar-refractivity contribution is -0.116. The number of rotatable bonds is 2. The molecule has 2 aliphatic rings. The van der Waals surface area contributed by atoms with Gasteiger partial charge in [-0.1, -0.05) is 43.5 Å². The van der Waals surface area contributed by atoms with Crippen molar-refractivity contribution in [1.29, 1.82) is 0 Å². The van der Waals surface area contributed by atoms with Gasteiger partial charge in [-0.25, -0.2) is 0 Å². The highest BCUT2D eigenvalue weighted by Crippen LogP contribution is 2.37. The van der Waals surface area contributed by atoms with Crippen molar-refractivity contribution in [2.75, 3.05) is 0 Å². The van der Waals surface area contributed by atoms with Gasteiger partial charge in [-0.3, -0.25) is 4.79 Å². The molecule has 0 amide bonds. The Hall–Kier alpha value is -1.57. The number of allylic oxidation sites excluding steroid dienone is 1. The average Bonchev–Trinajstić information content (AvgIpc) is 2.55. The van der Waals surface area contributed by atoms with E-state index in [0.717, 1.165) is 24.8 Å². The summed E-state index contributed by atoms with van der Waals surface area (Å²) >= 11 is 0. The van der Waals surface area contributed by atoms with E-state index in [1.165, 1.54) is 37.7 Å². The largest absolute Gasteiger partial charge is 0.507 e. The maximum Gasteiger partial charge on any atom is 0.162 e. The van der Waals surface area contributed by atoms with Crippen molar-refractivity contribution in [3.05, 3.63) is 41.0 Å². The van der Waals surface area contributed by atoms with Gasteiger partial charge in [-0.2, -0.15) is 0 Å². The van der Waals surface area contributed by atoms with Gasteiger partial charge in [-0.05, 0) is 43.6 Å². The highest BCUT2D eigenvalue weighted by atomic mass is 16.3. The summed E-state index contributed by atoms with van der Waals surface area (Å²) in [6.07, 6.45) is 9.56. The zero-order chi connectivity index (χ0) is 14.7. The van der Waals surface area contributed by atoms with Crippen molar-refractivity contribution < 1.29 is 9.90 Å². The molecule has 0 aromatic heterocycles. The minimum Gasteiger partial charge on any atom is -0.507 e. The van der Waals surface area contributed by atoms with Crippen molar-refractivity contribution in [3.63, 3.8) is 0 Å². The molecular weight excluding hydrogens is 260 g/mol. The molecule has 0 aliphatic heterocycles. The lowest BCUT2D eigenvalue weighted by atomic mass is 9.80. The minimum atomic E-state index is 0.136. The van der Waals surface area contributed by atoms with Crippen molar-refractivity contribution in [2.24, 2.45) is 0 Å². The Morgan fingerprint density at radius 1 is 0.952 bits per heavy atom. The monoisotopic (exact) mass is 284 g/mol. The Bertz CT molecular complexity index is 550. The third-order valence-electron chi connectivity index (χ3n) is 4.96. The first-order chi connectivity index (χ1) is 10.3.